The second-order valence-electron chi connectivity index (χ2n) is 5.62. The molecule has 1 aliphatic heterocycles. The molecule has 0 spiro atoms. The second kappa shape index (κ2) is 6.24. The van der Waals surface area contributed by atoms with Crippen molar-refractivity contribution in [2.75, 3.05) is 18.5 Å². The lowest BCUT2D eigenvalue weighted by Gasteiger charge is -2.17. The van der Waals surface area contributed by atoms with Gasteiger partial charge < -0.3 is 10.1 Å². The Morgan fingerprint density at radius 3 is 3.16 bits per heavy atom. The lowest BCUT2D eigenvalue weighted by atomic mass is 9.94. The average molecular weight is 261 g/mol. The predicted octanol–water partition coefficient (Wildman–Crippen LogP) is 2.83. The molecule has 104 valence electrons. The summed E-state index contributed by atoms with van der Waals surface area (Å²) in [4.78, 5) is 0. The Balaban J connectivity index is 1.46. The molecule has 0 aromatic carbocycles. The van der Waals surface area contributed by atoms with E-state index in [0.29, 0.717) is 6.10 Å². The van der Waals surface area contributed by atoms with Gasteiger partial charge in [-0.05, 0) is 38.0 Å². The van der Waals surface area contributed by atoms with Gasteiger partial charge in [0.25, 0.3) is 0 Å². The number of nitrogens with zero attached hydrogens (tertiary/aromatic N) is 2. The van der Waals surface area contributed by atoms with E-state index in [-0.39, 0.29) is 0 Å². The number of anilines is 1. The normalized spacial score (nSPS) is 26.7. The molecule has 3 rings (SSSR count). The van der Waals surface area contributed by atoms with Crippen LogP contribution in [-0.2, 0) is 11.3 Å². The van der Waals surface area contributed by atoms with Crippen molar-refractivity contribution >= 4 is 5.69 Å². The van der Waals surface area contributed by atoms with E-state index in [4.69, 9.17) is 4.74 Å². The summed E-state index contributed by atoms with van der Waals surface area (Å²) in [6.45, 7) is 2.84. The van der Waals surface area contributed by atoms with Crippen molar-refractivity contribution < 1.29 is 4.74 Å². The molecule has 1 aliphatic carbocycles. The van der Waals surface area contributed by atoms with Crippen molar-refractivity contribution in [3.8, 4) is 0 Å². The molecule has 2 aliphatic rings. The number of hydrogen-bond donors (Lipinski definition) is 1. The zero-order valence-corrected chi connectivity index (χ0v) is 11.4. The number of allylic oxidation sites excluding steroid dienone is 2. The molecule has 1 aromatic rings. The van der Waals surface area contributed by atoms with Gasteiger partial charge in [0.1, 0.15) is 0 Å². The maximum atomic E-state index is 5.63. The van der Waals surface area contributed by atoms with Gasteiger partial charge in [0.05, 0.1) is 24.5 Å². The molecule has 0 saturated carbocycles. The Morgan fingerprint density at radius 2 is 2.37 bits per heavy atom. The van der Waals surface area contributed by atoms with Crippen LogP contribution in [0.4, 0.5) is 5.69 Å². The smallest absolute Gasteiger partial charge is 0.0771 e. The van der Waals surface area contributed by atoms with E-state index >= 15 is 0 Å². The summed E-state index contributed by atoms with van der Waals surface area (Å²) in [6.07, 6.45) is 15.1. The first kappa shape index (κ1) is 12.7. The molecule has 1 fully saturated rings. The van der Waals surface area contributed by atoms with Gasteiger partial charge in [0, 0.05) is 19.3 Å². The van der Waals surface area contributed by atoms with Gasteiger partial charge in [-0.1, -0.05) is 12.2 Å². The second-order valence-corrected chi connectivity index (χ2v) is 5.62. The Hall–Kier alpha value is -1.29. The summed E-state index contributed by atoms with van der Waals surface area (Å²) < 4.78 is 7.63. The monoisotopic (exact) mass is 261 g/mol. The van der Waals surface area contributed by atoms with Crippen LogP contribution < -0.4 is 5.32 Å². The Kier molecular flexibility index (Phi) is 4.18. The molecule has 2 atom stereocenters. The minimum absolute atomic E-state index is 0.358. The minimum atomic E-state index is 0.358. The molecule has 1 aromatic heterocycles. The molecule has 2 heterocycles. The molecule has 0 radical (unpaired) electrons. The van der Waals surface area contributed by atoms with Crippen LogP contribution in [0.5, 0.6) is 0 Å². The van der Waals surface area contributed by atoms with Crippen LogP contribution >= 0.6 is 0 Å². The molecule has 4 heteroatoms. The topological polar surface area (TPSA) is 39.1 Å². The number of rotatable bonds is 5. The number of ether oxygens (including phenoxy) is 1. The fourth-order valence-electron chi connectivity index (χ4n) is 2.86. The van der Waals surface area contributed by atoms with E-state index in [9.17, 15) is 0 Å². The molecule has 0 amide bonds. The Labute approximate surface area is 114 Å². The molecular weight excluding hydrogens is 238 g/mol. The van der Waals surface area contributed by atoms with Crippen molar-refractivity contribution in [2.24, 2.45) is 5.92 Å². The van der Waals surface area contributed by atoms with Crippen molar-refractivity contribution in [1.82, 2.24) is 9.78 Å². The van der Waals surface area contributed by atoms with Gasteiger partial charge in [0.2, 0.25) is 0 Å². The van der Waals surface area contributed by atoms with Gasteiger partial charge in [-0.15, -0.1) is 0 Å². The number of nitrogens with one attached hydrogen (secondary N) is 1. The molecule has 1 N–H and O–H groups in total. The molecule has 2 unspecified atom stereocenters. The average Bonchev–Trinajstić information content (AvgIpc) is 3.10. The highest BCUT2D eigenvalue weighted by Crippen LogP contribution is 2.19. The summed E-state index contributed by atoms with van der Waals surface area (Å²) in [5, 5.41) is 7.91. The van der Waals surface area contributed by atoms with Crippen LogP contribution in [0, 0.1) is 5.92 Å². The van der Waals surface area contributed by atoms with E-state index in [2.05, 4.69) is 28.8 Å². The first-order valence-corrected chi connectivity index (χ1v) is 7.43. The lowest BCUT2D eigenvalue weighted by Crippen LogP contribution is -2.16. The third-order valence-electron chi connectivity index (χ3n) is 4.02. The SMILES string of the molecule is C1=CCC(CNc2cnn(CC3CCCO3)c2)CC1. The number of aromatic nitrogens is 2. The van der Waals surface area contributed by atoms with Crippen molar-refractivity contribution in [1.29, 1.82) is 0 Å². The maximum absolute atomic E-state index is 5.63. The van der Waals surface area contributed by atoms with E-state index in [0.717, 1.165) is 37.7 Å². The van der Waals surface area contributed by atoms with Crippen LogP contribution in [0.15, 0.2) is 24.5 Å². The maximum Gasteiger partial charge on any atom is 0.0771 e. The van der Waals surface area contributed by atoms with Crippen LogP contribution in [0.1, 0.15) is 32.1 Å². The summed E-state index contributed by atoms with van der Waals surface area (Å²) in [6, 6.07) is 0. The van der Waals surface area contributed by atoms with Crippen LogP contribution in [0.25, 0.3) is 0 Å². The quantitative estimate of drug-likeness (QED) is 0.828. The van der Waals surface area contributed by atoms with E-state index in [1.165, 1.54) is 25.7 Å². The van der Waals surface area contributed by atoms with E-state index in [1.54, 1.807) is 0 Å². The van der Waals surface area contributed by atoms with Gasteiger partial charge in [-0.3, -0.25) is 4.68 Å². The fraction of sp³-hybridized carbons (Fsp3) is 0.667. The first-order valence-electron chi connectivity index (χ1n) is 7.43. The highest BCUT2D eigenvalue weighted by atomic mass is 16.5. The zero-order valence-electron chi connectivity index (χ0n) is 11.4. The molecule has 0 bridgehead atoms. The number of hydrogen-bond acceptors (Lipinski definition) is 3. The largest absolute Gasteiger partial charge is 0.382 e. The highest BCUT2D eigenvalue weighted by Gasteiger charge is 2.16. The van der Waals surface area contributed by atoms with Crippen LogP contribution in [-0.4, -0.2) is 29.0 Å². The van der Waals surface area contributed by atoms with Gasteiger partial charge in [0.15, 0.2) is 0 Å². The van der Waals surface area contributed by atoms with E-state index in [1.807, 2.05) is 10.9 Å². The summed E-state index contributed by atoms with van der Waals surface area (Å²) in [5.74, 6) is 0.770. The van der Waals surface area contributed by atoms with E-state index < -0.39 is 0 Å². The molecule has 4 nitrogen and oxygen atoms in total. The minimum Gasteiger partial charge on any atom is -0.382 e. The lowest BCUT2D eigenvalue weighted by molar-refractivity contribution is 0.0940. The third kappa shape index (κ3) is 3.60. The first-order chi connectivity index (χ1) is 9.40. The highest BCUT2D eigenvalue weighted by molar-refractivity contribution is 5.38. The third-order valence-corrected chi connectivity index (χ3v) is 4.02. The van der Waals surface area contributed by atoms with Gasteiger partial charge in [-0.25, -0.2) is 0 Å². The van der Waals surface area contributed by atoms with Crippen molar-refractivity contribution in [2.45, 2.75) is 44.8 Å². The van der Waals surface area contributed by atoms with Gasteiger partial charge >= 0.3 is 0 Å². The Bertz CT molecular complexity index is 421. The summed E-state index contributed by atoms with van der Waals surface area (Å²) in [5.41, 5.74) is 1.13. The predicted molar refractivity (Wildman–Crippen MR) is 76.2 cm³/mol. The Morgan fingerprint density at radius 1 is 1.37 bits per heavy atom. The zero-order chi connectivity index (χ0) is 12.9. The molecule has 1 saturated heterocycles. The molecule has 19 heavy (non-hydrogen) atoms. The summed E-state index contributed by atoms with van der Waals surface area (Å²) in [7, 11) is 0. The van der Waals surface area contributed by atoms with Crippen molar-refractivity contribution in [3.63, 3.8) is 0 Å². The summed E-state index contributed by atoms with van der Waals surface area (Å²) >= 11 is 0. The standard InChI is InChI=1S/C15H23N3O/c1-2-5-13(6-3-1)9-16-14-10-17-18(11-14)12-15-7-4-8-19-15/h1-2,10-11,13,15-16H,3-9,12H2. The molecular formula is C15H23N3O. The van der Waals surface area contributed by atoms with Crippen molar-refractivity contribution in [3.05, 3.63) is 24.5 Å². The van der Waals surface area contributed by atoms with Gasteiger partial charge in [-0.2, -0.15) is 5.10 Å². The van der Waals surface area contributed by atoms with Crippen LogP contribution in [0.2, 0.25) is 0 Å². The van der Waals surface area contributed by atoms with Crippen LogP contribution in [0.3, 0.4) is 0 Å². The fourth-order valence-corrected chi connectivity index (χ4v) is 2.86.